The van der Waals surface area contributed by atoms with Crippen LogP contribution < -0.4 is 4.74 Å². The number of piperidine rings is 1. The van der Waals surface area contributed by atoms with E-state index in [0.29, 0.717) is 37.1 Å². The summed E-state index contributed by atoms with van der Waals surface area (Å²) in [6.45, 7) is 7.53. The average Bonchev–Trinajstić information content (AvgIpc) is 3.43. The van der Waals surface area contributed by atoms with E-state index in [9.17, 15) is 9.59 Å². The van der Waals surface area contributed by atoms with Crippen molar-refractivity contribution in [3.63, 3.8) is 0 Å². The van der Waals surface area contributed by atoms with E-state index in [0.717, 1.165) is 25.7 Å². The highest BCUT2D eigenvalue weighted by atomic mass is 16.6. The lowest BCUT2D eigenvalue weighted by Crippen LogP contribution is -2.42. The van der Waals surface area contributed by atoms with Crippen LogP contribution in [0.25, 0.3) is 0 Å². The van der Waals surface area contributed by atoms with Gasteiger partial charge >= 0.3 is 6.09 Å². The first kappa shape index (κ1) is 18.7. The second kappa shape index (κ2) is 7.64. The number of aromatic nitrogens is 1. The van der Waals surface area contributed by atoms with E-state index < -0.39 is 5.60 Å². The smallest absolute Gasteiger partial charge is 0.410 e. The summed E-state index contributed by atoms with van der Waals surface area (Å²) in [5, 5.41) is 0. The molecule has 0 unspecified atom stereocenters. The molecule has 1 aliphatic heterocycles. The Labute approximate surface area is 154 Å². The van der Waals surface area contributed by atoms with E-state index in [1.165, 1.54) is 0 Å². The molecule has 142 valence electrons. The van der Waals surface area contributed by atoms with Gasteiger partial charge in [0.1, 0.15) is 5.60 Å². The average molecular weight is 360 g/mol. The Morgan fingerprint density at radius 1 is 1.19 bits per heavy atom. The number of amides is 1. The Morgan fingerprint density at radius 2 is 1.88 bits per heavy atom. The highest BCUT2D eigenvalue weighted by Gasteiger charge is 2.31. The molecule has 26 heavy (non-hydrogen) atoms. The first-order valence-electron chi connectivity index (χ1n) is 9.43. The van der Waals surface area contributed by atoms with E-state index in [2.05, 4.69) is 4.98 Å². The highest BCUT2D eigenvalue weighted by molar-refractivity contribution is 5.99. The second-order valence-electron chi connectivity index (χ2n) is 8.24. The van der Waals surface area contributed by atoms with Gasteiger partial charge in [-0.25, -0.2) is 9.78 Å². The molecule has 1 saturated carbocycles. The minimum atomic E-state index is -0.467. The number of Topliss-reactive ketones (excluding diaryl/α,β-unsaturated/α-hetero) is 1. The second-order valence-corrected chi connectivity index (χ2v) is 8.24. The zero-order valence-corrected chi connectivity index (χ0v) is 15.9. The maximum atomic E-state index is 12.1. The zero-order valence-electron chi connectivity index (χ0n) is 15.9. The standard InChI is InChI=1S/C20H28N2O4/c1-20(2,3)26-19(24)22-10-7-14(8-11-22)13-25-17-12-16(6-9-21-17)18(23)15-4-5-15/h6,9,12,14-15H,4-5,7-8,10-11,13H2,1-3H3. The molecule has 3 rings (SSSR count). The SMILES string of the molecule is CC(C)(C)OC(=O)N1CCC(COc2cc(C(=O)C3CC3)ccn2)CC1. The van der Waals surface area contributed by atoms with Gasteiger partial charge in [-0.2, -0.15) is 0 Å². The van der Waals surface area contributed by atoms with Crippen LogP contribution >= 0.6 is 0 Å². The molecule has 1 aliphatic carbocycles. The summed E-state index contributed by atoms with van der Waals surface area (Å²) in [6, 6.07) is 3.50. The Balaban J connectivity index is 1.44. The van der Waals surface area contributed by atoms with Crippen molar-refractivity contribution in [3.8, 4) is 5.88 Å². The van der Waals surface area contributed by atoms with Crippen LogP contribution in [0, 0.1) is 11.8 Å². The van der Waals surface area contributed by atoms with Crippen molar-refractivity contribution < 1.29 is 19.1 Å². The van der Waals surface area contributed by atoms with Gasteiger partial charge in [0.2, 0.25) is 5.88 Å². The van der Waals surface area contributed by atoms with E-state index >= 15 is 0 Å². The number of rotatable bonds is 5. The number of ketones is 1. The molecular weight excluding hydrogens is 332 g/mol. The van der Waals surface area contributed by atoms with Crippen molar-refractivity contribution >= 4 is 11.9 Å². The Morgan fingerprint density at radius 3 is 2.50 bits per heavy atom. The van der Waals surface area contributed by atoms with E-state index in [-0.39, 0.29) is 17.8 Å². The van der Waals surface area contributed by atoms with Gasteiger partial charge < -0.3 is 14.4 Å². The minimum absolute atomic E-state index is 0.197. The number of nitrogens with zero attached hydrogens (tertiary/aromatic N) is 2. The molecule has 6 nitrogen and oxygen atoms in total. The van der Waals surface area contributed by atoms with Crippen molar-refractivity contribution in [2.24, 2.45) is 11.8 Å². The van der Waals surface area contributed by atoms with E-state index in [1.54, 1.807) is 23.2 Å². The van der Waals surface area contributed by atoms with Crippen molar-refractivity contribution in [2.45, 2.75) is 52.1 Å². The van der Waals surface area contributed by atoms with Crippen molar-refractivity contribution in [1.82, 2.24) is 9.88 Å². The van der Waals surface area contributed by atoms with Gasteiger partial charge in [-0.3, -0.25) is 4.79 Å². The number of hydrogen-bond donors (Lipinski definition) is 0. The predicted molar refractivity (Wildman–Crippen MR) is 97.3 cm³/mol. The van der Waals surface area contributed by atoms with Crippen LogP contribution in [-0.2, 0) is 4.74 Å². The number of carbonyl (C=O) groups excluding carboxylic acids is 2. The Bertz CT molecular complexity index is 656. The fraction of sp³-hybridized carbons (Fsp3) is 0.650. The van der Waals surface area contributed by atoms with Crippen molar-refractivity contribution in [3.05, 3.63) is 23.9 Å². The van der Waals surface area contributed by atoms with Crippen LogP contribution in [0.15, 0.2) is 18.3 Å². The van der Waals surface area contributed by atoms with Gasteiger partial charge in [-0.15, -0.1) is 0 Å². The van der Waals surface area contributed by atoms with Gasteiger partial charge in [0.15, 0.2) is 5.78 Å². The van der Waals surface area contributed by atoms with Gasteiger partial charge in [0.25, 0.3) is 0 Å². The largest absolute Gasteiger partial charge is 0.477 e. The molecule has 6 heteroatoms. The van der Waals surface area contributed by atoms with Crippen LogP contribution in [0.4, 0.5) is 4.79 Å². The van der Waals surface area contributed by atoms with Gasteiger partial charge in [-0.05, 0) is 58.4 Å². The molecule has 1 aromatic rings. The molecule has 0 spiro atoms. The molecule has 2 fully saturated rings. The fourth-order valence-corrected chi connectivity index (χ4v) is 3.03. The first-order valence-corrected chi connectivity index (χ1v) is 9.43. The summed E-state index contributed by atoms with van der Waals surface area (Å²) in [4.78, 5) is 30.2. The van der Waals surface area contributed by atoms with Crippen LogP contribution in [-0.4, -0.2) is 47.1 Å². The van der Waals surface area contributed by atoms with E-state index in [1.807, 2.05) is 20.8 Å². The summed E-state index contributed by atoms with van der Waals surface area (Å²) in [5.41, 5.74) is 0.225. The Kier molecular flexibility index (Phi) is 5.49. The van der Waals surface area contributed by atoms with Gasteiger partial charge in [-0.1, -0.05) is 0 Å². The molecule has 0 N–H and O–H groups in total. The van der Waals surface area contributed by atoms with Crippen LogP contribution in [0.2, 0.25) is 0 Å². The Hall–Kier alpha value is -2.11. The van der Waals surface area contributed by atoms with Crippen LogP contribution in [0.1, 0.15) is 56.8 Å². The normalized spacial score (nSPS) is 18.5. The number of likely N-dealkylation sites (tertiary alicyclic amines) is 1. The molecule has 2 aliphatic rings. The topological polar surface area (TPSA) is 68.7 Å². The van der Waals surface area contributed by atoms with Gasteiger partial charge in [0, 0.05) is 36.8 Å². The lowest BCUT2D eigenvalue weighted by Gasteiger charge is -2.33. The molecular formula is C20H28N2O4. The molecule has 1 amide bonds. The maximum Gasteiger partial charge on any atom is 0.410 e. The van der Waals surface area contributed by atoms with E-state index in [4.69, 9.17) is 9.47 Å². The first-order chi connectivity index (χ1) is 12.3. The number of ether oxygens (including phenoxy) is 2. The summed E-state index contributed by atoms with van der Waals surface area (Å²) in [5.74, 6) is 1.27. The molecule has 0 aromatic carbocycles. The third kappa shape index (κ3) is 5.19. The lowest BCUT2D eigenvalue weighted by atomic mass is 9.98. The van der Waals surface area contributed by atoms with Crippen LogP contribution in [0.5, 0.6) is 5.88 Å². The monoisotopic (exact) mass is 360 g/mol. The molecule has 1 saturated heterocycles. The van der Waals surface area contributed by atoms with Crippen molar-refractivity contribution in [2.75, 3.05) is 19.7 Å². The number of pyridine rings is 1. The summed E-state index contributed by atoms with van der Waals surface area (Å²) >= 11 is 0. The molecule has 0 bridgehead atoms. The summed E-state index contributed by atoms with van der Waals surface area (Å²) < 4.78 is 11.2. The van der Waals surface area contributed by atoms with Gasteiger partial charge in [0.05, 0.1) is 6.61 Å². The molecule has 2 heterocycles. The predicted octanol–water partition coefficient (Wildman–Crippen LogP) is 3.70. The lowest BCUT2D eigenvalue weighted by molar-refractivity contribution is 0.0164. The third-order valence-electron chi connectivity index (χ3n) is 4.70. The fourth-order valence-electron chi connectivity index (χ4n) is 3.03. The number of carbonyl (C=O) groups is 2. The molecule has 1 aromatic heterocycles. The zero-order chi connectivity index (χ0) is 18.7. The van der Waals surface area contributed by atoms with Crippen LogP contribution in [0.3, 0.4) is 0 Å². The minimum Gasteiger partial charge on any atom is -0.477 e. The molecule has 0 atom stereocenters. The quantitative estimate of drug-likeness (QED) is 0.749. The highest BCUT2D eigenvalue weighted by Crippen LogP contribution is 2.33. The third-order valence-corrected chi connectivity index (χ3v) is 4.70. The van der Waals surface area contributed by atoms with Crippen molar-refractivity contribution in [1.29, 1.82) is 0 Å². The molecule has 0 radical (unpaired) electrons. The summed E-state index contributed by atoms with van der Waals surface area (Å²) in [6.07, 6.45) is 5.13. The summed E-state index contributed by atoms with van der Waals surface area (Å²) in [7, 11) is 0. The maximum absolute atomic E-state index is 12.1. The number of hydrogen-bond acceptors (Lipinski definition) is 5.